The van der Waals surface area contributed by atoms with E-state index in [1.807, 2.05) is 0 Å². The number of rotatable bonds is 2. The molecule has 0 bridgehead atoms. The van der Waals surface area contributed by atoms with Crippen LogP contribution in [0.3, 0.4) is 0 Å². The second kappa shape index (κ2) is 5.16. The summed E-state index contributed by atoms with van der Waals surface area (Å²) in [4.78, 5) is 3.58. The Balaban J connectivity index is 3.31. The molecule has 0 amide bonds. The van der Waals surface area contributed by atoms with Crippen LogP contribution >= 0.6 is 11.6 Å². The van der Waals surface area contributed by atoms with Gasteiger partial charge in [0.25, 0.3) is 0 Å². The predicted octanol–water partition coefficient (Wildman–Crippen LogP) is 3.90. The molecule has 0 saturated heterocycles. The topological polar surface area (TPSA) is 12.4 Å². The molecule has 1 nitrogen and oxygen atoms in total. The van der Waals surface area contributed by atoms with Gasteiger partial charge in [-0.15, -0.1) is 0 Å². The zero-order chi connectivity index (χ0) is 12.2. The van der Waals surface area contributed by atoms with Gasteiger partial charge in [0.05, 0.1) is 0 Å². The lowest BCUT2D eigenvalue weighted by Crippen LogP contribution is -2.10. The molecule has 1 aromatic rings. The minimum absolute atomic E-state index is 0.128. The van der Waals surface area contributed by atoms with E-state index in [9.17, 15) is 13.2 Å². The van der Waals surface area contributed by atoms with E-state index < -0.39 is 11.2 Å². The SMILES string of the molecule is CN=C/C(=C(\Cl)C(F)(F)F)c1ccccc1. The van der Waals surface area contributed by atoms with Gasteiger partial charge in [0.15, 0.2) is 0 Å². The molecule has 0 spiro atoms. The Bertz CT molecular complexity index is 407. The third-order valence-corrected chi connectivity index (χ3v) is 2.25. The van der Waals surface area contributed by atoms with Crippen molar-refractivity contribution in [3.05, 3.63) is 40.9 Å². The average molecular weight is 248 g/mol. The fraction of sp³-hybridized carbons (Fsp3) is 0.182. The summed E-state index contributed by atoms with van der Waals surface area (Å²) in [7, 11) is 1.39. The van der Waals surface area contributed by atoms with Crippen molar-refractivity contribution in [2.24, 2.45) is 4.99 Å². The Morgan fingerprint density at radius 3 is 2.25 bits per heavy atom. The van der Waals surface area contributed by atoms with Gasteiger partial charge in [-0.05, 0) is 5.56 Å². The predicted molar refractivity (Wildman–Crippen MR) is 59.7 cm³/mol. The Labute approximate surface area is 96.3 Å². The van der Waals surface area contributed by atoms with Gasteiger partial charge in [0, 0.05) is 18.8 Å². The van der Waals surface area contributed by atoms with E-state index in [1.54, 1.807) is 30.3 Å². The van der Waals surface area contributed by atoms with Crippen LogP contribution in [0.4, 0.5) is 13.2 Å². The van der Waals surface area contributed by atoms with E-state index >= 15 is 0 Å². The summed E-state index contributed by atoms with van der Waals surface area (Å²) in [5.41, 5.74) is 0.257. The zero-order valence-corrected chi connectivity index (χ0v) is 9.18. The van der Waals surface area contributed by atoms with Gasteiger partial charge in [-0.2, -0.15) is 13.2 Å². The van der Waals surface area contributed by atoms with Crippen LogP contribution in [0.15, 0.2) is 40.4 Å². The van der Waals surface area contributed by atoms with E-state index in [2.05, 4.69) is 4.99 Å². The van der Waals surface area contributed by atoms with E-state index in [4.69, 9.17) is 11.6 Å². The molecule has 0 radical (unpaired) electrons. The molecule has 0 aliphatic heterocycles. The van der Waals surface area contributed by atoms with Crippen LogP contribution in [-0.4, -0.2) is 19.4 Å². The van der Waals surface area contributed by atoms with Gasteiger partial charge < -0.3 is 0 Å². The minimum Gasteiger partial charge on any atom is -0.296 e. The quantitative estimate of drug-likeness (QED) is 0.703. The summed E-state index contributed by atoms with van der Waals surface area (Å²) in [6.45, 7) is 0. The van der Waals surface area contributed by atoms with Gasteiger partial charge in [0.1, 0.15) is 5.03 Å². The van der Waals surface area contributed by atoms with Gasteiger partial charge in [-0.25, -0.2) is 0 Å². The molecule has 5 heteroatoms. The lowest BCUT2D eigenvalue weighted by Gasteiger charge is -2.09. The molecule has 0 aromatic heterocycles. The molecular formula is C11H9ClF3N. The first-order chi connectivity index (χ1) is 7.46. The average Bonchev–Trinajstić information content (AvgIpc) is 2.25. The fourth-order valence-electron chi connectivity index (χ4n) is 1.16. The van der Waals surface area contributed by atoms with Crippen molar-refractivity contribution in [2.45, 2.75) is 6.18 Å². The first kappa shape index (κ1) is 12.8. The number of alkyl halides is 3. The number of halogens is 4. The molecule has 1 rings (SSSR count). The largest absolute Gasteiger partial charge is 0.427 e. The molecule has 1 aromatic carbocycles. The zero-order valence-electron chi connectivity index (χ0n) is 8.42. The second-order valence-corrected chi connectivity index (χ2v) is 3.36. The number of nitrogens with zero attached hydrogens (tertiary/aromatic N) is 1. The first-order valence-corrected chi connectivity index (χ1v) is 4.79. The van der Waals surface area contributed by atoms with E-state index in [1.165, 1.54) is 7.05 Å². The molecule has 0 fully saturated rings. The number of hydrogen-bond donors (Lipinski definition) is 0. The van der Waals surface area contributed by atoms with E-state index in [-0.39, 0.29) is 5.57 Å². The molecule has 0 heterocycles. The maximum Gasteiger partial charge on any atom is 0.427 e. The first-order valence-electron chi connectivity index (χ1n) is 4.41. The van der Waals surface area contributed by atoms with Crippen molar-refractivity contribution in [3.8, 4) is 0 Å². The van der Waals surface area contributed by atoms with Crippen LogP contribution in [-0.2, 0) is 0 Å². The third-order valence-electron chi connectivity index (χ3n) is 1.83. The molecule has 16 heavy (non-hydrogen) atoms. The Morgan fingerprint density at radius 1 is 1.25 bits per heavy atom. The maximum absolute atomic E-state index is 12.5. The summed E-state index contributed by atoms with van der Waals surface area (Å²) in [6, 6.07) is 8.08. The number of aliphatic imine (C=N–C) groups is 1. The molecule has 0 atom stereocenters. The standard InChI is InChI=1S/C11H9ClF3N/c1-16-7-9(10(12)11(13,14)15)8-5-3-2-4-6-8/h2-7H,1H3/b10-9+,16-7?. The summed E-state index contributed by atoms with van der Waals surface area (Å²) in [5, 5.41) is -1.16. The van der Waals surface area contributed by atoms with Crippen molar-refractivity contribution in [1.82, 2.24) is 0 Å². The Kier molecular flexibility index (Phi) is 4.12. The summed E-state index contributed by atoms with van der Waals surface area (Å²) < 4.78 is 37.4. The lowest BCUT2D eigenvalue weighted by atomic mass is 10.1. The van der Waals surface area contributed by atoms with E-state index in [0.717, 1.165) is 6.21 Å². The molecule has 0 aliphatic rings. The number of benzene rings is 1. The fourth-order valence-corrected chi connectivity index (χ4v) is 1.32. The normalized spacial score (nSPS) is 14.1. The van der Waals surface area contributed by atoms with Crippen molar-refractivity contribution < 1.29 is 13.2 Å². The molecule has 86 valence electrons. The van der Waals surface area contributed by atoms with Crippen molar-refractivity contribution >= 4 is 23.4 Å². The molecule has 0 saturated carbocycles. The second-order valence-electron chi connectivity index (χ2n) is 2.98. The highest BCUT2D eigenvalue weighted by molar-refractivity contribution is 6.37. The lowest BCUT2D eigenvalue weighted by molar-refractivity contribution is -0.0838. The number of allylic oxidation sites excluding steroid dienone is 2. The van der Waals surface area contributed by atoms with Crippen LogP contribution in [0.1, 0.15) is 5.56 Å². The highest BCUT2D eigenvalue weighted by Crippen LogP contribution is 2.34. The number of hydrogen-bond acceptors (Lipinski definition) is 1. The van der Waals surface area contributed by atoms with Crippen LogP contribution in [0, 0.1) is 0 Å². The summed E-state index contributed by atoms with van der Waals surface area (Å²) in [5.74, 6) is 0. The van der Waals surface area contributed by atoms with Gasteiger partial charge in [0.2, 0.25) is 0 Å². The highest BCUT2D eigenvalue weighted by atomic mass is 35.5. The van der Waals surface area contributed by atoms with Crippen LogP contribution in [0.25, 0.3) is 5.57 Å². The maximum atomic E-state index is 12.5. The molecule has 0 aliphatic carbocycles. The summed E-state index contributed by atoms with van der Waals surface area (Å²) in [6.07, 6.45) is -3.46. The molecule has 0 N–H and O–H groups in total. The Hall–Kier alpha value is -1.29. The van der Waals surface area contributed by atoms with Crippen LogP contribution in [0.5, 0.6) is 0 Å². The van der Waals surface area contributed by atoms with E-state index in [0.29, 0.717) is 5.56 Å². The van der Waals surface area contributed by atoms with Crippen molar-refractivity contribution in [2.75, 3.05) is 7.05 Å². The highest BCUT2D eigenvalue weighted by Gasteiger charge is 2.35. The van der Waals surface area contributed by atoms with Gasteiger partial charge in [-0.1, -0.05) is 41.9 Å². The van der Waals surface area contributed by atoms with Crippen LogP contribution in [0.2, 0.25) is 0 Å². The Morgan fingerprint density at radius 2 is 1.81 bits per heavy atom. The monoisotopic (exact) mass is 247 g/mol. The van der Waals surface area contributed by atoms with Gasteiger partial charge in [-0.3, -0.25) is 4.99 Å². The van der Waals surface area contributed by atoms with Gasteiger partial charge >= 0.3 is 6.18 Å². The third kappa shape index (κ3) is 3.10. The minimum atomic E-state index is -4.56. The molecule has 0 unspecified atom stereocenters. The summed E-state index contributed by atoms with van der Waals surface area (Å²) >= 11 is 5.30. The van der Waals surface area contributed by atoms with Crippen LogP contribution < -0.4 is 0 Å². The van der Waals surface area contributed by atoms with Crippen molar-refractivity contribution in [1.29, 1.82) is 0 Å². The molecular weight excluding hydrogens is 239 g/mol. The smallest absolute Gasteiger partial charge is 0.296 e. The van der Waals surface area contributed by atoms with Crippen molar-refractivity contribution in [3.63, 3.8) is 0 Å².